The fourth-order valence-electron chi connectivity index (χ4n) is 4.56. The lowest BCUT2D eigenvalue weighted by Crippen LogP contribution is -2.44. The number of carbonyl (C=O) groups excluding carboxylic acids is 1. The zero-order valence-electron chi connectivity index (χ0n) is 21.9. The first-order chi connectivity index (χ1) is 18.0. The smallest absolute Gasteiger partial charge is 0.229 e. The summed E-state index contributed by atoms with van der Waals surface area (Å²) < 4.78 is 16.3. The number of nitrogens with one attached hydrogen (secondary N) is 2. The average molecular weight is 506 g/mol. The van der Waals surface area contributed by atoms with Crippen LogP contribution >= 0.6 is 0 Å². The molecular weight excluding hydrogens is 470 g/mol. The molecule has 2 heterocycles. The number of anilines is 3. The van der Waals surface area contributed by atoms with Crippen LogP contribution < -0.4 is 29.7 Å². The van der Waals surface area contributed by atoms with E-state index in [0.717, 1.165) is 25.2 Å². The monoisotopic (exact) mass is 505 g/mol. The molecule has 9 heteroatoms. The van der Waals surface area contributed by atoms with Crippen LogP contribution in [-0.4, -0.2) is 56.8 Å². The van der Waals surface area contributed by atoms with Gasteiger partial charge in [-0.2, -0.15) is 4.98 Å². The quantitative estimate of drug-likeness (QED) is 0.419. The van der Waals surface area contributed by atoms with E-state index in [1.165, 1.54) is 5.56 Å². The third kappa shape index (κ3) is 6.41. The summed E-state index contributed by atoms with van der Waals surface area (Å²) in [5.41, 5.74) is 1.93. The van der Waals surface area contributed by atoms with Crippen molar-refractivity contribution in [2.75, 3.05) is 51.2 Å². The summed E-state index contributed by atoms with van der Waals surface area (Å²) in [5, 5.41) is 6.38. The van der Waals surface area contributed by atoms with Crippen molar-refractivity contribution < 1.29 is 19.0 Å². The Morgan fingerprint density at radius 1 is 1.08 bits per heavy atom. The number of nitrogens with zero attached hydrogens (tertiary/aromatic N) is 3. The number of amides is 1. The van der Waals surface area contributed by atoms with E-state index < -0.39 is 0 Å². The van der Waals surface area contributed by atoms with Gasteiger partial charge in [0.15, 0.2) is 11.5 Å². The van der Waals surface area contributed by atoms with Crippen molar-refractivity contribution in [1.82, 2.24) is 15.3 Å². The van der Waals surface area contributed by atoms with Crippen LogP contribution in [0, 0.1) is 5.92 Å². The fourth-order valence-corrected chi connectivity index (χ4v) is 4.56. The Hall–Kier alpha value is -4.01. The Kier molecular flexibility index (Phi) is 8.66. The minimum atomic E-state index is -0.0850. The van der Waals surface area contributed by atoms with Gasteiger partial charge in [0.25, 0.3) is 0 Å². The zero-order chi connectivity index (χ0) is 26.2. The molecule has 0 spiro atoms. The SMILES string of the molecule is COc1cc(Nc2nccc(N3CCC[C@H](C(=O)NC[C@@H](C)c4ccccc4)C3)n2)cc(OC)c1OC. The normalized spacial score (nSPS) is 16.0. The molecular formula is C28H35N5O4. The van der Waals surface area contributed by atoms with E-state index in [1.807, 2.05) is 24.3 Å². The number of hydrogen-bond acceptors (Lipinski definition) is 8. The number of methoxy groups -OCH3 is 3. The topological polar surface area (TPSA) is 97.8 Å². The molecule has 1 aliphatic rings. The van der Waals surface area contributed by atoms with Crippen LogP contribution in [0.5, 0.6) is 17.2 Å². The predicted molar refractivity (Wildman–Crippen MR) is 144 cm³/mol. The molecule has 0 unspecified atom stereocenters. The highest BCUT2D eigenvalue weighted by Crippen LogP contribution is 2.40. The van der Waals surface area contributed by atoms with E-state index in [-0.39, 0.29) is 17.7 Å². The van der Waals surface area contributed by atoms with Crippen LogP contribution in [0.25, 0.3) is 0 Å². The van der Waals surface area contributed by atoms with Gasteiger partial charge in [0.2, 0.25) is 17.6 Å². The molecule has 37 heavy (non-hydrogen) atoms. The minimum absolute atomic E-state index is 0.0850. The first-order valence-corrected chi connectivity index (χ1v) is 12.5. The Labute approximate surface area is 218 Å². The fraction of sp³-hybridized carbons (Fsp3) is 0.393. The van der Waals surface area contributed by atoms with Crippen LogP contribution in [0.4, 0.5) is 17.5 Å². The molecule has 1 amide bonds. The highest BCUT2D eigenvalue weighted by molar-refractivity contribution is 5.79. The Morgan fingerprint density at radius 2 is 1.81 bits per heavy atom. The number of carbonyl (C=O) groups is 1. The van der Waals surface area contributed by atoms with Crippen molar-refractivity contribution in [3.63, 3.8) is 0 Å². The molecule has 0 bridgehead atoms. The highest BCUT2D eigenvalue weighted by atomic mass is 16.5. The van der Waals surface area contributed by atoms with Gasteiger partial charge >= 0.3 is 0 Å². The maximum absolute atomic E-state index is 13.0. The third-order valence-corrected chi connectivity index (χ3v) is 6.63. The van der Waals surface area contributed by atoms with Crippen molar-refractivity contribution in [1.29, 1.82) is 0 Å². The average Bonchev–Trinajstić information content (AvgIpc) is 2.95. The second-order valence-corrected chi connectivity index (χ2v) is 9.12. The van der Waals surface area contributed by atoms with Crippen molar-refractivity contribution in [2.24, 2.45) is 5.92 Å². The highest BCUT2D eigenvalue weighted by Gasteiger charge is 2.27. The summed E-state index contributed by atoms with van der Waals surface area (Å²) in [4.78, 5) is 24.2. The predicted octanol–water partition coefficient (Wildman–Crippen LogP) is 4.38. The number of piperidine rings is 1. The van der Waals surface area contributed by atoms with Gasteiger partial charge in [0.05, 0.1) is 27.2 Å². The zero-order valence-corrected chi connectivity index (χ0v) is 21.9. The molecule has 1 aromatic heterocycles. The van der Waals surface area contributed by atoms with Crippen molar-refractivity contribution in [2.45, 2.75) is 25.7 Å². The lowest BCUT2D eigenvalue weighted by atomic mass is 9.96. The summed E-state index contributed by atoms with van der Waals surface area (Å²) in [6.45, 7) is 4.21. The van der Waals surface area contributed by atoms with E-state index in [1.54, 1.807) is 39.7 Å². The van der Waals surface area contributed by atoms with Crippen LogP contribution in [0.15, 0.2) is 54.7 Å². The van der Waals surface area contributed by atoms with Gasteiger partial charge in [-0.3, -0.25) is 4.79 Å². The minimum Gasteiger partial charge on any atom is -0.493 e. The molecule has 0 saturated carbocycles. The maximum Gasteiger partial charge on any atom is 0.229 e. The second kappa shape index (κ2) is 12.3. The van der Waals surface area contributed by atoms with Crippen LogP contribution in [0.3, 0.4) is 0 Å². The molecule has 9 nitrogen and oxygen atoms in total. The van der Waals surface area contributed by atoms with Crippen LogP contribution in [0.1, 0.15) is 31.2 Å². The molecule has 2 atom stereocenters. The largest absolute Gasteiger partial charge is 0.493 e. The van der Waals surface area contributed by atoms with E-state index in [2.05, 4.69) is 39.6 Å². The molecule has 1 fully saturated rings. The Morgan fingerprint density at radius 3 is 2.49 bits per heavy atom. The first kappa shape index (κ1) is 26.1. The Bertz CT molecular complexity index is 1170. The molecule has 3 aromatic rings. The van der Waals surface area contributed by atoms with E-state index in [0.29, 0.717) is 42.0 Å². The van der Waals surface area contributed by atoms with Crippen LogP contribution in [-0.2, 0) is 4.79 Å². The maximum atomic E-state index is 13.0. The van der Waals surface area contributed by atoms with Crippen LogP contribution in [0.2, 0.25) is 0 Å². The molecule has 1 saturated heterocycles. The van der Waals surface area contributed by atoms with Crippen molar-refractivity contribution >= 4 is 23.4 Å². The Balaban J connectivity index is 1.40. The molecule has 1 aliphatic heterocycles. The number of aromatic nitrogens is 2. The molecule has 0 radical (unpaired) electrons. The standard InChI is InChI=1S/C28H35N5O4/c1-19(20-9-6-5-7-10-20)17-30-27(34)21-11-8-14-33(18-21)25-12-13-29-28(32-25)31-22-15-23(35-2)26(37-4)24(16-22)36-3/h5-7,9-10,12-13,15-16,19,21H,8,11,14,17-18H2,1-4H3,(H,30,34)(H,29,31,32)/t19-,21+/m1/s1. The number of ether oxygens (including phenoxy) is 3. The van der Waals surface area contributed by atoms with Gasteiger partial charge in [0, 0.05) is 43.7 Å². The van der Waals surface area contributed by atoms with Crippen molar-refractivity contribution in [3.05, 3.63) is 60.3 Å². The second-order valence-electron chi connectivity index (χ2n) is 9.12. The molecule has 196 valence electrons. The van der Waals surface area contributed by atoms with E-state index in [9.17, 15) is 4.79 Å². The van der Waals surface area contributed by atoms with Gasteiger partial charge in [-0.05, 0) is 30.4 Å². The number of hydrogen-bond donors (Lipinski definition) is 2. The summed E-state index contributed by atoms with van der Waals surface area (Å²) in [5.74, 6) is 3.07. The molecule has 2 N–H and O–H groups in total. The summed E-state index contributed by atoms with van der Waals surface area (Å²) in [6, 6.07) is 15.7. The summed E-state index contributed by atoms with van der Waals surface area (Å²) >= 11 is 0. The molecule has 4 rings (SSSR count). The lowest BCUT2D eigenvalue weighted by molar-refractivity contribution is -0.125. The van der Waals surface area contributed by atoms with E-state index >= 15 is 0 Å². The van der Waals surface area contributed by atoms with Gasteiger partial charge < -0.3 is 29.7 Å². The number of rotatable bonds is 10. The summed E-state index contributed by atoms with van der Waals surface area (Å²) in [7, 11) is 4.71. The molecule has 0 aliphatic carbocycles. The van der Waals surface area contributed by atoms with E-state index in [4.69, 9.17) is 19.2 Å². The summed E-state index contributed by atoms with van der Waals surface area (Å²) in [6.07, 6.45) is 3.50. The third-order valence-electron chi connectivity index (χ3n) is 6.63. The van der Waals surface area contributed by atoms with Gasteiger partial charge in [-0.15, -0.1) is 0 Å². The van der Waals surface area contributed by atoms with Gasteiger partial charge in [0.1, 0.15) is 5.82 Å². The molecule has 2 aromatic carbocycles. The van der Waals surface area contributed by atoms with Gasteiger partial charge in [-0.1, -0.05) is 37.3 Å². The first-order valence-electron chi connectivity index (χ1n) is 12.5. The van der Waals surface area contributed by atoms with Crippen molar-refractivity contribution in [3.8, 4) is 17.2 Å². The lowest BCUT2D eigenvalue weighted by Gasteiger charge is -2.33. The van der Waals surface area contributed by atoms with Gasteiger partial charge in [-0.25, -0.2) is 4.98 Å². The number of benzene rings is 2.